The summed E-state index contributed by atoms with van der Waals surface area (Å²) >= 11 is 1.50. The Morgan fingerprint density at radius 3 is 2.88 bits per heavy atom. The van der Waals surface area contributed by atoms with Crippen molar-refractivity contribution in [2.45, 2.75) is 12.8 Å². The molecule has 1 aliphatic rings. The summed E-state index contributed by atoms with van der Waals surface area (Å²) in [6.45, 7) is 0. The zero-order valence-electron chi connectivity index (χ0n) is 9.00. The summed E-state index contributed by atoms with van der Waals surface area (Å²) in [7, 11) is 0. The maximum Gasteiger partial charge on any atom is 0.212 e. The van der Waals surface area contributed by atoms with Gasteiger partial charge in [-0.3, -0.25) is 4.79 Å². The van der Waals surface area contributed by atoms with Crippen molar-refractivity contribution in [3.05, 3.63) is 41.2 Å². The molecule has 17 heavy (non-hydrogen) atoms. The van der Waals surface area contributed by atoms with E-state index in [1.54, 1.807) is 6.07 Å². The number of benzene rings is 1. The summed E-state index contributed by atoms with van der Waals surface area (Å²) in [5.74, 6) is -0.213. The predicted molar refractivity (Wildman–Crippen MR) is 66.8 cm³/mol. The van der Waals surface area contributed by atoms with Crippen molar-refractivity contribution in [3.8, 4) is 10.4 Å². The molecule has 1 heterocycles. The molecule has 0 unspecified atom stereocenters. The molecular formula is C13H10FNOS. The molecular weight excluding hydrogens is 237 g/mol. The number of hydrogen-bond acceptors (Lipinski definition) is 2. The first-order chi connectivity index (χ1) is 8.28. The zero-order valence-corrected chi connectivity index (χ0v) is 9.81. The number of amides is 1. The summed E-state index contributed by atoms with van der Waals surface area (Å²) in [4.78, 5) is 11.5. The van der Waals surface area contributed by atoms with Gasteiger partial charge in [-0.15, -0.1) is 11.3 Å². The minimum absolute atomic E-state index is 0.213. The van der Waals surface area contributed by atoms with Gasteiger partial charge in [-0.25, -0.2) is 4.39 Å². The van der Waals surface area contributed by atoms with Gasteiger partial charge in [0.05, 0.1) is 5.00 Å². The number of anilines is 1. The maximum atomic E-state index is 13.3. The lowest BCUT2D eigenvalue weighted by Crippen LogP contribution is -2.01. The number of rotatable bonds is 2. The van der Waals surface area contributed by atoms with Gasteiger partial charge < -0.3 is 5.32 Å². The molecule has 0 aliphatic heterocycles. The van der Waals surface area contributed by atoms with Gasteiger partial charge >= 0.3 is 0 Å². The first-order valence-corrected chi connectivity index (χ1v) is 6.21. The molecule has 0 bridgehead atoms. The van der Waals surface area contributed by atoms with E-state index in [1.165, 1.54) is 28.5 Å². The topological polar surface area (TPSA) is 29.1 Å². The average molecular weight is 247 g/mol. The normalized spacial score (nSPS) is 12.8. The number of fused-ring (bicyclic) bond motifs is 3. The fourth-order valence-corrected chi connectivity index (χ4v) is 3.34. The molecule has 2 aromatic rings. The monoisotopic (exact) mass is 247 g/mol. The number of nitrogens with one attached hydrogen (secondary N) is 1. The van der Waals surface area contributed by atoms with E-state index in [4.69, 9.17) is 0 Å². The molecule has 3 rings (SSSR count). The number of thiophene rings is 1. The van der Waals surface area contributed by atoms with E-state index in [0.717, 1.165) is 28.3 Å². The standard InChI is InChI=1S/C13H10FNOS/c14-10-4-3-8-1-2-9-5-12(15-7-16)17-13(9)11(8)6-10/h3-7H,1-2H2,(H,15,16). The largest absolute Gasteiger partial charge is 0.320 e. The number of halogens is 1. The lowest BCUT2D eigenvalue weighted by Gasteiger charge is -2.15. The van der Waals surface area contributed by atoms with Crippen molar-refractivity contribution in [2.75, 3.05) is 5.32 Å². The van der Waals surface area contributed by atoms with Crippen molar-refractivity contribution in [2.24, 2.45) is 0 Å². The maximum absolute atomic E-state index is 13.3. The zero-order chi connectivity index (χ0) is 11.8. The summed E-state index contributed by atoms with van der Waals surface area (Å²) in [6.07, 6.45) is 2.55. The first-order valence-electron chi connectivity index (χ1n) is 5.39. The first kappa shape index (κ1) is 10.5. The Hall–Kier alpha value is -1.68. The lowest BCUT2D eigenvalue weighted by molar-refractivity contribution is -0.105. The van der Waals surface area contributed by atoms with Gasteiger partial charge in [0.15, 0.2) is 0 Å². The Morgan fingerprint density at radius 1 is 1.24 bits per heavy atom. The second-order valence-electron chi connectivity index (χ2n) is 4.03. The van der Waals surface area contributed by atoms with Crippen LogP contribution in [0.4, 0.5) is 9.39 Å². The number of carbonyl (C=O) groups excluding carboxylic acids is 1. The van der Waals surface area contributed by atoms with Crippen LogP contribution in [0, 0.1) is 5.82 Å². The van der Waals surface area contributed by atoms with Crippen molar-refractivity contribution in [1.29, 1.82) is 0 Å². The van der Waals surface area contributed by atoms with Crippen LogP contribution >= 0.6 is 11.3 Å². The Balaban J connectivity index is 2.14. The summed E-state index contributed by atoms with van der Waals surface area (Å²) in [5.41, 5.74) is 3.34. The predicted octanol–water partition coefficient (Wildman–Crippen LogP) is 3.22. The quantitative estimate of drug-likeness (QED) is 0.811. The highest BCUT2D eigenvalue weighted by atomic mass is 32.1. The van der Waals surface area contributed by atoms with Crippen LogP contribution < -0.4 is 5.32 Å². The molecule has 1 aliphatic carbocycles. The van der Waals surface area contributed by atoms with Crippen molar-refractivity contribution in [3.63, 3.8) is 0 Å². The lowest BCUT2D eigenvalue weighted by atomic mass is 9.91. The van der Waals surface area contributed by atoms with E-state index in [9.17, 15) is 9.18 Å². The minimum Gasteiger partial charge on any atom is -0.320 e. The van der Waals surface area contributed by atoms with Crippen LogP contribution in [0.5, 0.6) is 0 Å². The van der Waals surface area contributed by atoms with Crippen LogP contribution in [0.1, 0.15) is 11.1 Å². The molecule has 0 fully saturated rings. The highest BCUT2D eigenvalue weighted by Gasteiger charge is 2.19. The second-order valence-corrected chi connectivity index (χ2v) is 5.08. The third-order valence-electron chi connectivity index (χ3n) is 2.99. The van der Waals surface area contributed by atoms with Crippen LogP contribution in [0.2, 0.25) is 0 Å². The molecule has 1 amide bonds. The van der Waals surface area contributed by atoms with E-state index in [1.807, 2.05) is 12.1 Å². The SMILES string of the molecule is O=CNc1cc2c(s1)-c1cc(F)ccc1CC2. The second kappa shape index (κ2) is 3.96. The molecule has 2 nitrogen and oxygen atoms in total. The third-order valence-corrected chi connectivity index (χ3v) is 4.13. The van der Waals surface area contributed by atoms with E-state index in [2.05, 4.69) is 5.32 Å². The van der Waals surface area contributed by atoms with Gasteiger partial charge in [0, 0.05) is 4.88 Å². The minimum atomic E-state index is -0.213. The van der Waals surface area contributed by atoms with E-state index < -0.39 is 0 Å². The van der Waals surface area contributed by atoms with Crippen LogP contribution in [-0.4, -0.2) is 6.41 Å². The Morgan fingerprint density at radius 2 is 2.06 bits per heavy atom. The third kappa shape index (κ3) is 1.74. The fourth-order valence-electron chi connectivity index (χ4n) is 2.22. The number of hydrogen-bond donors (Lipinski definition) is 1. The van der Waals surface area contributed by atoms with Crippen molar-refractivity contribution < 1.29 is 9.18 Å². The average Bonchev–Trinajstić information content (AvgIpc) is 2.72. The van der Waals surface area contributed by atoms with Crippen molar-refractivity contribution >= 4 is 22.7 Å². The van der Waals surface area contributed by atoms with Gasteiger partial charge in [-0.05, 0) is 47.7 Å². The molecule has 1 aromatic heterocycles. The van der Waals surface area contributed by atoms with Crippen LogP contribution in [0.25, 0.3) is 10.4 Å². The summed E-state index contributed by atoms with van der Waals surface area (Å²) < 4.78 is 13.3. The molecule has 0 radical (unpaired) electrons. The van der Waals surface area contributed by atoms with Crippen molar-refractivity contribution in [1.82, 2.24) is 0 Å². The van der Waals surface area contributed by atoms with Gasteiger partial charge in [0.2, 0.25) is 6.41 Å². The molecule has 1 N–H and O–H groups in total. The Bertz CT molecular complexity index is 591. The van der Waals surface area contributed by atoms with Gasteiger partial charge in [0.25, 0.3) is 0 Å². The molecule has 1 aromatic carbocycles. The molecule has 0 spiro atoms. The van der Waals surface area contributed by atoms with Crippen LogP contribution in [0.3, 0.4) is 0 Å². The molecule has 86 valence electrons. The van der Waals surface area contributed by atoms with Gasteiger partial charge in [-0.2, -0.15) is 0 Å². The van der Waals surface area contributed by atoms with E-state index >= 15 is 0 Å². The van der Waals surface area contributed by atoms with E-state index in [-0.39, 0.29) is 5.82 Å². The van der Waals surface area contributed by atoms with Crippen LogP contribution in [0.15, 0.2) is 24.3 Å². The van der Waals surface area contributed by atoms with Crippen LogP contribution in [-0.2, 0) is 17.6 Å². The Labute approximate surface area is 102 Å². The fraction of sp³-hybridized carbons (Fsp3) is 0.154. The number of carbonyl (C=O) groups is 1. The van der Waals surface area contributed by atoms with Gasteiger partial charge in [-0.1, -0.05) is 6.07 Å². The smallest absolute Gasteiger partial charge is 0.212 e. The molecule has 0 saturated carbocycles. The Kier molecular flexibility index (Phi) is 2.44. The summed E-state index contributed by atoms with van der Waals surface area (Å²) in [5, 5.41) is 3.48. The molecule has 0 saturated heterocycles. The van der Waals surface area contributed by atoms with Gasteiger partial charge in [0.1, 0.15) is 5.82 Å². The summed E-state index contributed by atoms with van der Waals surface area (Å²) in [6, 6.07) is 6.90. The highest BCUT2D eigenvalue weighted by molar-refractivity contribution is 7.19. The molecule has 4 heteroatoms. The highest BCUT2D eigenvalue weighted by Crippen LogP contribution is 2.41. The molecule has 0 atom stereocenters. The number of aryl methyl sites for hydroxylation is 2. The van der Waals surface area contributed by atoms with E-state index in [0.29, 0.717) is 6.41 Å².